The third-order valence-electron chi connectivity index (χ3n) is 2.03. The van der Waals surface area contributed by atoms with E-state index in [1.807, 2.05) is 62.4 Å². The van der Waals surface area contributed by atoms with Crippen LogP contribution in [0.1, 0.15) is 20.8 Å². The molecule has 0 aliphatic heterocycles. The average molecular weight is 214 g/mol. The highest BCUT2D eigenvalue weighted by Gasteiger charge is 1.91. The van der Waals surface area contributed by atoms with Crippen molar-refractivity contribution in [3.05, 3.63) is 66.0 Å². The van der Waals surface area contributed by atoms with Gasteiger partial charge in [-0.1, -0.05) is 42.0 Å². The van der Waals surface area contributed by atoms with Gasteiger partial charge in [0.05, 0.1) is 0 Å². The number of hydrogen-bond acceptors (Lipinski definition) is 1. The minimum absolute atomic E-state index is 0.869. The second-order valence-corrected chi connectivity index (χ2v) is 3.60. The number of rotatable bonds is 4. The highest BCUT2D eigenvalue weighted by molar-refractivity contribution is 5.26. The van der Waals surface area contributed by atoms with Crippen LogP contribution in [0.25, 0.3) is 0 Å². The maximum absolute atomic E-state index is 5.64. The zero-order valence-electron chi connectivity index (χ0n) is 10.1. The summed E-state index contributed by atoms with van der Waals surface area (Å²) in [5.41, 5.74) is 1.21. The Morgan fingerprint density at radius 3 is 2.38 bits per heavy atom. The van der Waals surface area contributed by atoms with Crippen molar-refractivity contribution >= 4 is 0 Å². The normalized spacial score (nSPS) is 13.2. The molecular formula is C15H18O. The molecule has 0 aromatic heterocycles. The SMILES string of the molecule is C\C=C/C(C)=C\C=C(/C)Oc1ccccc1. The van der Waals surface area contributed by atoms with E-state index in [9.17, 15) is 0 Å². The number of ether oxygens (including phenoxy) is 1. The molecule has 0 heterocycles. The van der Waals surface area contributed by atoms with Gasteiger partial charge in [0.15, 0.2) is 0 Å². The molecule has 0 saturated heterocycles. The van der Waals surface area contributed by atoms with Gasteiger partial charge < -0.3 is 4.74 Å². The van der Waals surface area contributed by atoms with E-state index in [0.717, 1.165) is 11.5 Å². The van der Waals surface area contributed by atoms with Crippen LogP contribution in [-0.4, -0.2) is 0 Å². The van der Waals surface area contributed by atoms with Gasteiger partial charge in [-0.05, 0) is 39.0 Å². The molecule has 1 aromatic carbocycles. The van der Waals surface area contributed by atoms with E-state index in [4.69, 9.17) is 4.74 Å². The lowest BCUT2D eigenvalue weighted by atomic mass is 10.2. The highest BCUT2D eigenvalue weighted by Crippen LogP contribution is 2.12. The zero-order valence-corrected chi connectivity index (χ0v) is 10.1. The van der Waals surface area contributed by atoms with Crippen LogP contribution < -0.4 is 4.74 Å². The fourth-order valence-electron chi connectivity index (χ4n) is 1.28. The van der Waals surface area contributed by atoms with Gasteiger partial charge in [-0.3, -0.25) is 0 Å². The number of hydrogen-bond donors (Lipinski definition) is 0. The molecule has 1 heteroatoms. The quantitative estimate of drug-likeness (QED) is 0.530. The van der Waals surface area contributed by atoms with E-state index in [2.05, 4.69) is 13.0 Å². The lowest BCUT2D eigenvalue weighted by Gasteiger charge is -2.04. The first-order chi connectivity index (χ1) is 7.72. The minimum atomic E-state index is 0.869. The topological polar surface area (TPSA) is 9.23 Å². The molecule has 0 aliphatic carbocycles. The molecule has 0 fully saturated rings. The Morgan fingerprint density at radius 1 is 1.06 bits per heavy atom. The predicted octanol–water partition coefficient (Wildman–Crippen LogP) is 4.49. The molecule has 0 aliphatic rings. The van der Waals surface area contributed by atoms with Crippen molar-refractivity contribution in [2.45, 2.75) is 20.8 Å². The van der Waals surface area contributed by atoms with Crippen LogP contribution in [0.5, 0.6) is 5.75 Å². The Hall–Kier alpha value is -1.76. The lowest BCUT2D eigenvalue weighted by molar-refractivity contribution is 0.428. The number of benzene rings is 1. The van der Waals surface area contributed by atoms with E-state index in [0.29, 0.717) is 0 Å². The van der Waals surface area contributed by atoms with Gasteiger partial charge >= 0.3 is 0 Å². The van der Waals surface area contributed by atoms with Gasteiger partial charge in [0.1, 0.15) is 11.5 Å². The molecule has 0 saturated carbocycles. The van der Waals surface area contributed by atoms with Crippen molar-refractivity contribution < 1.29 is 4.74 Å². The predicted molar refractivity (Wildman–Crippen MR) is 69.4 cm³/mol. The van der Waals surface area contributed by atoms with E-state index in [1.54, 1.807) is 0 Å². The van der Waals surface area contributed by atoms with Crippen molar-refractivity contribution in [3.63, 3.8) is 0 Å². The van der Waals surface area contributed by atoms with Crippen LogP contribution in [0.2, 0.25) is 0 Å². The van der Waals surface area contributed by atoms with E-state index in [-0.39, 0.29) is 0 Å². The Labute approximate surface area is 97.8 Å². The van der Waals surface area contributed by atoms with Crippen LogP contribution in [-0.2, 0) is 0 Å². The molecule has 1 rings (SSSR count). The molecule has 0 spiro atoms. The number of allylic oxidation sites excluding steroid dienone is 6. The molecule has 0 atom stereocenters. The smallest absolute Gasteiger partial charge is 0.126 e. The number of para-hydroxylation sites is 1. The van der Waals surface area contributed by atoms with Gasteiger partial charge in [-0.15, -0.1) is 0 Å². The van der Waals surface area contributed by atoms with Crippen molar-refractivity contribution in [3.8, 4) is 5.75 Å². The third-order valence-corrected chi connectivity index (χ3v) is 2.03. The van der Waals surface area contributed by atoms with E-state index < -0.39 is 0 Å². The highest BCUT2D eigenvalue weighted by atomic mass is 16.5. The molecule has 0 amide bonds. The molecule has 0 bridgehead atoms. The van der Waals surface area contributed by atoms with Crippen molar-refractivity contribution in [1.82, 2.24) is 0 Å². The standard InChI is InChI=1S/C15H18O/c1-4-8-13(2)11-12-14(3)16-15-9-6-5-7-10-15/h4-12H,1-3H3/b8-4-,13-11-,14-12+. The van der Waals surface area contributed by atoms with Gasteiger partial charge in [-0.2, -0.15) is 0 Å². The zero-order chi connectivity index (χ0) is 11.8. The lowest BCUT2D eigenvalue weighted by Crippen LogP contribution is -1.89. The van der Waals surface area contributed by atoms with Gasteiger partial charge in [0.2, 0.25) is 0 Å². The molecule has 0 radical (unpaired) electrons. The van der Waals surface area contributed by atoms with Crippen molar-refractivity contribution in [2.24, 2.45) is 0 Å². The molecule has 16 heavy (non-hydrogen) atoms. The van der Waals surface area contributed by atoms with Gasteiger partial charge in [-0.25, -0.2) is 0 Å². The van der Waals surface area contributed by atoms with Gasteiger partial charge in [0.25, 0.3) is 0 Å². The summed E-state index contributed by atoms with van der Waals surface area (Å²) in [6, 6.07) is 9.79. The molecule has 84 valence electrons. The first-order valence-electron chi connectivity index (χ1n) is 5.43. The summed E-state index contributed by atoms with van der Waals surface area (Å²) in [6.07, 6.45) is 8.10. The van der Waals surface area contributed by atoms with Crippen molar-refractivity contribution in [2.75, 3.05) is 0 Å². The second kappa shape index (κ2) is 6.67. The Bertz CT molecular complexity index is 397. The summed E-state index contributed by atoms with van der Waals surface area (Å²) < 4.78 is 5.64. The second-order valence-electron chi connectivity index (χ2n) is 3.60. The fraction of sp³-hybridized carbons (Fsp3) is 0.200. The van der Waals surface area contributed by atoms with E-state index >= 15 is 0 Å². The van der Waals surface area contributed by atoms with Crippen LogP contribution in [0, 0.1) is 0 Å². The molecule has 0 N–H and O–H groups in total. The summed E-state index contributed by atoms with van der Waals surface area (Å²) in [5, 5.41) is 0. The Kier molecular flexibility index (Phi) is 5.13. The summed E-state index contributed by atoms with van der Waals surface area (Å²) in [7, 11) is 0. The minimum Gasteiger partial charge on any atom is -0.462 e. The third kappa shape index (κ3) is 4.65. The largest absolute Gasteiger partial charge is 0.462 e. The first-order valence-corrected chi connectivity index (χ1v) is 5.43. The average Bonchev–Trinajstić information content (AvgIpc) is 2.28. The summed E-state index contributed by atoms with van der Waals surface area (Å²) in [6.45, 7) is 6.02. The molecular weight excluding hydrogens is 196 g/mol. The van der Waals surface area contributed by atoms with Gasteiger partial charge in [0, 0.05) is 0 Å². The fourth-order valence-corrected chi connectivity index (χ4v) is 1.28. The van der Waals surface area contributed by atoms with Crippen LogP contribution in [0.3, 0.4) is 0 Å². The molecule has 1 nitrogen and oxygen atoms in total. The molecule has 1 aromatic rings. The Morgan fingerprint density at radius 2 is 1.75 bits per heavy atom. The van der Waals surface area contributed by atoms with E-state index in [1.165, 1.54) is 5.57 Å². The van der Waals surface area contributed by atoms with Crippen molar-refractivity contribution in [1.29, 1.82) is 0 Å². The van der Waals surface area contributed by atoms with Crippen LogP contribution in [0.4, 0.5) is 0 Å². The van der Waals surface area contributed by atoms with Crippen LogP contribution >= 0.6 is 0 Å². The maximum atomic E-state index is 5.64. The summed E-state index contributed by atoms with van der Waals surface area (Å²) in [5.74, 6) is 1.75. The van der Waals surface area contributed by atoms with Crippen LogP contribution in [0.15, 0.2) is 66.0 Å². The Balaban J connectivity index is 2.62. The first kappa shape index (κ1) is 12.3. The molecule has 0 unspecified atom stereocenters. The monoisotopic (exact) mass is 214 g/mol. The summed E-state index contributed by atoms with van der Waals surface area (Å²) >= 11 is 0. The maximum Gasteiger partial charge on any atom is 0.126 e. The summed E-state index contributed by atoms with van der Waals surface area (Å²) in [4.78, 5) is 0.